The average Bonchev–Trinajstić information content (AvgIpc) is 2.14. The maximum Gasteiger partial charge on any atom is 0.233 e. The molecule has 0 rings (SSSR count). The fourth-order valence-electron chi connectivity index (χ4n) is 0.858. The summed E-state index contributed by atoms with van der Waals surface area (Å²) >= 11 is 1.85. The molecule has 0 aliphatic rings. The Hall–Kier alpha value is -0.260. The Morgan fingerprint density at radius 1 is 1.62 bits per heavy atom. The number of carbonyl (C=O) groups is 1. The lowest BCUT2D eigenvalue weighted by molar-refractivity contribution is -0.121. The highest BCUT2D eigenvalue weighted by Gasteiger charge is 2.05. The number of hydrogen-bond acceptors (Lipinski definition) is 4. The van der Waals surface area contributed by atoms with Gasteiger partial charge in [0, 0.05) is 11.7 Å². The lowest BCUT2D eigenvalue weighted by atomic mass is 10.2. The van der Waals surface area contributed by atoms with Gasteiger partial charge in [-0.3, -0.25) is 10.2 Å². The summed E-state index contributed by atoms with van der Waals surface area (Å²) < 4.78 is 0. The minimum atomic E-state index is -0.0914. The van der Waals surface area contributed by atoms with E-state index in [1.165, 1.54) is 0 Å². The highest BCUT2D eigenvalue weighted by Crippen LogP contribution is 2.15. The average molecular weight is 205 g/mol. The molecule has 0 spiro atoms. The largest absolute Gasteiger partial charge is 0.330 e. The molecule has 0 aromatic heterocycles. The van der Waals surface area contributed by atoms with Crippen molar-refractivity contribution in [2.45, 2.75) is 31.4 Å². The molecule has 1 atom stereocenters. The summed E-state index contributed by atoms with van der Waals surface area (Å²) in [5, 5.41) is 0.504. The van der Waals surface area contributed by atoms with Crippen molar-refractivity contribution < 1.29 is 4.79 Å². The van der Waals surface area contributed by atoms with Gasteiger partial charge in [0.15, 0.2) is 0 Å². The monoisotopic (exact) mass is 205 g/mol. The van der Waals surface area contributed by atoms with Gasteiger partial charge in [0.25, 0.3) is 0 Å². The van der Waals surface area contributed by atoms with Crippen LogP contribution in [0.2, 0.25) is 0 Å². The Balaban J connectivity index is 3.29. The van der Waals surface area contributed by atoms with Gasteiger partial charge < -0.3 is 5.73 Å². The molecule has 0 aliphatic heterocycles. The number of amides is 1. The van der Waals surface area contributed by atoms with E-state index >= 15 is 0 Å². The first kappa shape index (κ1) is 12.7. The maximum absolute atomic E-state index is 10.8. The number of hydrazine groups is 1. The van der Waals surface area contributed by atoms with Crippen LogP contribution in [-0.4, -0.2) is 23.5 Å². The predicted molar refractivity (Wildman–Crippen MR) is 57.2 cm³/mol. The van der Waals surface area contributed by atoms with Crippen LogP contribution in [0.1, 0.15) is 26.2 Å². The third kappa shape index (κ3) is 8.08. The molecule has 0 aromatic rings. The summed E-state index contributed by atoms with van der Waals surface area (Å²) in [7, 11) is 0. The summed E-state index contributed by atoms with van der Waals surface area (Å²) in [6, 6.07) is 0. The van der Waals surface area contributed by atoms with Crippen LogP contribution in [0.25, 0.3) is 0 Å². The Morgan fingerprint density at radius 3 is 2.85 bits per heavy atom. The van der Waals surface area contributed by atoms with Gasteiger partial charge in [-0.05, 0) is 25.1 Å². The van der Waals surface area contributed by atoms with Crippen LogP contribution in [0.4, 0.5) is 0 Å². The standard InChI is InChI=1S/C8H19N3OS/c1-7(13-6-2-5-9)3-4-8(12)11-10/h7H,2-6,9-10H2,1H3,(H,11,12). The van der Waals surface area contributed by atoms with Crippen molar-refractivity contribution >= 4 is 17.7 Å². The highest BCUT2D eigenvalue weighted by molar-refractivity contribution is 7.99. The SMILES string of the molecule is CC(CCC(=O)NN)SCCCN. The lowest BCUT2D eigenvalue weighted by Crippen LogP contribution is -2.30. The van der Waals surface area contributed by atoms with Gasteiger partial charge in [-0.2, -0.15) is 11.8 Å². The van der Waals surface area contributed by atoms with Crippen LogP contribution in [0.3, 0.4) is 0 Å². The summed E-state index contributed by atoms with van der Waals surface area (Å²) in [6.45, 7) is 2.86. The molecule has 0 radical (unpaired) electrons. The van der Waals surface area contributed by atoms with E-state index < -0.39 is 0 Å². The molecule has 4 nitrogen and oxygen atoms in total. The van der Waals surface area contributed by atoms with Crippen molar-refractivity contribution in [1.29, 1.82) is 0 Å². The fraction of sp³-hybridized carbons (Fsp3) is 0.875. The van der Waals surface area contributed by atoms with Crippen LogP contribution >= 0.6 is 11.8 Å². The van der Waals surface area contributed by atoms with E-state index in [0.29, 0.717) is 11.7 Å². The predicted octanol–water partition coefficient (Wildman–Crippen LogP) is 0.227. The molecule has 0 bridgehead atoms. The molecule has 13 heavy (non-hydrogen) atoms. The van der Waals surface area contributed by atoms with E-state index in [1.807, 2.05) is 11.8 Å². The molecule has 0 aromatic carbocycles. The molecule has 0 heterocycles. The molecule has 1 unspecified atom stereocenters. The quantitative estimate of drug-likeness (QED) is 0.240. The molecule has 1 amide bonds. The molecule has 0 aliphatic carbocycles. The van der Waals surface area contributed by atoms with Gasteiger partial charge >= 0.3 is 0 Å². The van der Waals surface area contributed by atoms with Gasteiger partial charge in [0.05, 0.1) is 0 Å². The first-order chi connectivity index (χ1) is 6.20. The van der Waals surface area contributed by atoms with Gasteiger partial charge in [0.1, 0.15) is 0 Å². The first-order valence-corrected chi connectivity index (χ1v) is 5.56. The third-order valence-electron chi connectivity index (χ3n) is 1.69. The Kier molecular flexibility index (Phi) is 8.18. The molecule has 0 fully saturated rings. The van der Waals surface area contributed by atoms with Gasteiger partial charge in [-0.25, -0.2) is 5.84 Å². The second kappa shape index (κ2) is 8.34. The van der Waals surface area contributed by atoms with Gasteiger partial charge in [-0.1, -0.05) is 6.92 Å². The minimum absolute atomic E-state index is 0.0914. The Labute approximate surface area is 83.8 Å². The van der Waals surface area contributed by atoms with E-state index in [9.17, 15) is 4.79 Å². The van der Waals surface area contributed by atoms with E-state index in [2.05, 4.69) is 12.3 Å². The Morgan fingerprint density at radius 2 is 2.31 bits per heavy atom. The summed E-state index contributed by atoms with van der Waals surface area (Å²) in [5.74, 6) is 5.94. The lowest BCUT2D eigenvalue weighted by Gasteiger charge is -2.09. The molecule has 0 saturated heterocycles. The number of nitrogens with two attached hydrogens (primary N) is 2. The van der Waals surface area contributed by atoms with Crippen LogP contribution in [0.5, 0.6) is 0 Å². The second-order valence-electron chi connectivity index (χ2n) is 2.93. The number of carbonyl (C=O) groups excluding carboxylic acids is 1. The summed E-state index contributed by atoms with van der Waals surface area (Å²) in [4.78, 5) is 10.8. The molecular weight excluding hydrogens is 186 g/mol. The van der Waals surface area contributed by atoms with Crippen molar-refractivity contribution in [2.75, 3.05) is 12.3 Å². The van der Waals surface area contributed by atoms with Crippen LogP contribution in [-0.2, 0) is 4.79 Å². The molecular formula is C8H19N3OS. The smallest absolute Gasteiger partial charge is 0.233 e. The van der Waals surface area contributed by atoms with Crippen LogP contribution in [0, 0.1) is 0 Å². The summed E-state index contributed by atoms with van der Waals surface area (Å²) in [6.07, 6.45) is 2.42. The molecule has 0 saturated carbocycles. The topological polar surface area (TPSA) is 81.1 Å². The molecule has 78 valence electrons. The van der Waals surface area contributed by atoms with E-state index in [4.69, 9.17) is 11.6 Å². The normalized spacial score (nSPS) is 12.5. The van der Waals surface area contributed by atoms with Crippen LogP contribution < -0.4 is 17.0 Å². The van der Waals surface area contributed by atoms with Gasteiger partial charge in [0.2, 0.25) is 5.91 Å². The second-order valence-corrected chi connectivity index (χ2v) is 4.48. The minimum Gasteiger partial charge on any atom is -0.330 e. The van der Waals surface area contributed by atoms with Crippen LogP contribution in [0.15, 0.2) is 0 Å². The van der Waals surface area contributed by atoms with Crippen molar-refractivity contribution in [2.24, 2.45) is 11.6 Å². The number of hydrogen-bond donors (Lipinski definition) is 3. The highest BCUT2D eigenvalue weighted by atomic mass is 32.2. The fourth-order valence-corrected chi connectivity index (χ4v) is 1.88. The zero-order chi connectivity index (χ0) is 10.1. The zero-order valence-corrected chi connectivity index (χ0v) is 8.90. The molecule has 5 heteroatoms. The van der Waals surface area contributed by atoms with E-state index in [0.717, 1.165) is 25.1 Å². The Bertz CT molecular complexity index is 143. The molecule has 5 N–H and O–H groups in total. The first-order valence-electron chi connectivity index (χ1n) is 4.51. The maximum atomic E-state index is 10.8. The summed E-state index contributed by atoms with van der Waals surface area (Å²) in [5.41, 5.74) is 7.48. The number of thioether (sulfide) groups is 1. The number of rotatable bonds is 7. The van der Waals surface area contributed by atoms with E-state index in [-0.39, 0.29) is 5.91 Å². The van der Waals surface area contributed by atoms with Crippen molar-refractivity contribution in [3.63, 3.8) is 0 Å². The third-order valence-corrected chi connectivity index (χ3v) is 3.02. The van der Waals surface area contributed by atoms with Gasteiger partial charge in [-0.15, -0.1) is 0 Å². The van der Waals surface area contributed by atoms with Crippen molar-refractivity contribution in [3.05, 3.63) is 0 Å². The zero-order valence-electron chi connectivity index (χ0n) is 8.08. The van der Waals surface area contributed by atoms with E-state index in [1.54, 1.807) is 0 Å². The van der Waals surface area contributed by atoms with Crippen molar-refractivity contribution in [1.82, 2.24) is 5.43 Å². The number of nitrogens with one attached hydrogen (secondary N) is 1. The van der Waals surface area contributed by atoms with Crippen molar-refractivity contribution in [3.8, 4) is 0 Å².